The molecule has 32 heavy (non-hydrogen) atoms. The summed E-state index contributed by atoms with van der Waals surface area (Å²) in [5, 5.41) is 0. The van der Waals surface area contributed by atoms with E-state index in [-0.39, 0.29) is 0 Å². The molecule has 0 aliphatic carbocycles. The van der Waals surface area contributed by atoms with Gasteiger partial charge < -0.3 is 9.80 Å². The second kappa shape index (κ2) is 11.4. The molecule has 0 aliphatic rings. The van der Waals surface area contributed by atoms with E-state index in [2.05, 4.69) is 79.6 Å². The Balaban J connectivity index is 1.54. The van der Waals surface area contributed by atoms with E-state index in [1.165, 1.54) is 5.56 Å². The van der Waals surface area contributed by atoms with Crippen LogP contribution in [-0.2, 0) is 26.2 Å². The molecule has 5 heteroatoms. The summed E-state index contributed by atoms with van der Waals surface area (Å²) in [5.74, 6) is 0. The van der Waals surface area contributed by atoms with Gasteiger partial charge in [0.15, 0.2) is 0 Å². The summed E-state index contributed by atoms with van der Waals surface area (Å²) in [7, 11) is 0. The van der Waals surface area contributed by atoms with Gasteiger partial charge in [-0.15, -0.1) is 0 Å². The quantitative estimate of drug-likeness (QED) is 0.359. The van der Waals surface area contributed by atoms with Crippen molar-refractivity contribution in [2.45, 2.75) is 26.2 Å². The molecule has 0 spiro atoms. The zero-order valence-electron chi connectivity index (χ0n) is 18.0. The SMILES string of the molecule is C(=CN(Cc1ccccn1)Cc1ccccn1)N(Cc1ccccc1)Cc1ccccn1. The Morgan fingerprint density at radius 3 is 1.28 bits per heavy atom. The Labute approximate surface area is 189 Å². The molecule has 4 aromatic rings. The van der Waals surface area contributed by atoms with E-state index >= 15 is 0 Å². The lowest BCUT2D eigenvalue weighted by Gasteiger charge is -2.24. The van der Waals surface area contributed by atoms with Crippen molar-refractivity contribution in [3.8, 4) is 0 Å². The maximum Gasteiger partial charge on any atom is 0.0601 e. The van der Waals surface area contributed by atoms with Crippen molar-refractivity contribution in [1.82, 2.24) is 24.8 Å². The first kappa shape index (κ1) is 21.2. The summed E-state index contributed by atoms with van der Waals surface area (Å²) in [6.45, 7) is 2.94. The van der Waals surface area contributed by atoms with Gasteiger partial charge in [0.2, 0.25) is 0 Å². The third-order valence-corrected chi connectivity index (χ3v) is 4.99. The molecular weight excluding hydrogens is 394 g/mol. The average Bonchev–Trinajstić information content (AvgIpc) is 2.85. The molecule has 0 saturated heterocycles. The predicted molar refractivity (Wildman–Crippen MR) is 127 cm³/mol. The van der Waals surface area contributed by atoms with Crippen LogP contribution in [0.2, 0.25) is 0 Å². The molecule has 3 heterocycles. The summed E-state index contributed by atoms with van der Waals surface area (Å²) < 4.78 is 0. The van der Waals surface area contributed by atoms with Crippen LogP contribution < -0.4 is 0 Å². The van der Waals surface area contributed by atoms with Crippen LogP contribution in [0, 0.1) is 0 Å². The Morgan fingerprint density at radius 1 is 0.469 bits per heavy atom. The fourth-order valence-electron chi connectivity index (χ4n) is 3.43. The number of hydrogen-bond donors (Lipinski definition) is 0. The van der Waals surface area contributed by atoms with Crippen LogP contribution in [0.5, 0.6) is 0 Å². The molecule has 1 aromatic carbocycles. The van der Waals surface area contributed by atoms with E-state index in [9.17, 15) is 0 Å². The van der Waals surface area contributed by atoms with Crippen LogP contribution in [0.15, 0.2) is 116 Å². The predicted octanol–water partition coefficient (Wildman–Crippen LogP) is 5.05. The molecule has 0 aliphatic heterocycles. The average molecular weight is 422 g/mol. The molecule has 4 rings (SSSR count). The number of benzene rings is 1. The van der Waals surface area contributed by atoms with Crippen molar-refractivity contribution in [2.75, 3.05) is 0 Å². The monoisotopic (exact) mass is 421 g/mol. The molecule has 0 bridgehead atoms. The number of hydrogen-bond acceptors (Lipinski definition) is 5. The summed E-state index contributed by atoms with van der Waals surface area (Å²) in [6, 6.07) is 28.6. The largest absolute Gasteiger partial charge is 0.366 e. The Morgan fingerprint density at radius 2 is 0.875 bits per heavy atom. The number of nitrogens with zero attached hydrogens (tertiary/aromatic N) is 5. The Bertz CT molecular complexity index is 898. The van der Waals surface area contributed by atoms with Gasteiger partial charge in [0.25, 0.3) is 0 Å². The highest BCUT2D eigenvalue weighted by atomic mass is 15.2. The van der Waals surface area contributed by atoms with Crippen LogP contribution in [0.3, 0.4) is 0 Å². The maximum atomic E-state index is 4.51. The molecule has 0 fully saturated rings. The van der Waals surface area contributed by atoms with Gasteiger partial charge in [-0.1, -0.05) is 48.5 Å². The molecule has 5 nitrogen and oxygen atoms in total. The van der Waals surface area contributed by atoms with Crippen molar-refractivity contribution in [2.24, 2.45) is 0 Å². The lowest BCUT2D eigenvalue weighted by molar-refractivity contribution is 0.317. The first-order valence-electron chi connectivity index (χ1n) is 10.8. The first-order valence-corrected chi connectivity index (χ1v) is 10.8. The van der Waals surface area contributed by atoms with Crippen LogP contribution in [0.4, 0.5) is 0 Å². The lowest BCUT2D eigenvalue weighted by atomic mass is 10.2. The zero-order chi connectivity index (χ0) is 21.8. The van der Waals surface area contributed by atoms with Crippen molar-refractivity contribution in [3.05, 3.63) is 139 Å². The first-order chi connectivity index (χ1) is 15.8. The van der Waals surface area contributed by atoms with Crippen LogP contribution in [0.1, 0.15) is 22.6 Å². The van der Waals surface area contributed by atoms with Crippen LogP contribution in [-0.4, -0.2) is 24.8 Å². The fraction of sp³-hybridized carbons (Fsp3) is 0.148. The second-order valence-electron chi connectivity index (χ2n) is 7.56. The maximum absolute atomic E-state index is 4.51. The van der Waals surface area contributed by atoms with Crippen molar-refractivity contribution in [3.63, 3.8) is 0 Å². The van der Waals surface area contributed by atoms with Crippen molar-refractivity contribution in [1.29, 1.82) is 0 Å². The molecular formula is C27H27N5. The van der Waals surface area contributed by atoms with Gasteiger partial charge in [0.1, 0.15) is 0 Å². The van der Waals surface area contributed by atoms with Gasteiger partial charge in [0, 0.05) is 37.5 Å². The molecule has 3 aromatic heterocycles. The smallest absolute Gasteiger partial charge is 0.0601 e. The molecule has 0 saturated carbocycles. The normalized spacial score (nSPS) is 10.9. The molecule has 0 radical (unpaired) electrons. The van der Waals surface area contributed by atoms with E-state index in [1.54, 1.807) is 0 Å². The van der Waals surface area contributed by atoms with E-state index in [0.717, 1.165) is 30.2 Å². The summed E-state index contributed by atoms with van der Waals surface area (Å²) in [4.78, 5) is 18.0. The van der Waals surface area contributed by atoms with E-state index in [1.807, 2.05) is 61.1 Å². The van der Waals surface area contributed by atoms with Gasteiger partial charge in [-0.3, -0.25) is 15.0 Å². The number of rotatable bonds is 10. The lowest BCUT2D eigenvalue weighted by Crippen LogP contribution is -2.22. The standard InChI is InChI=1S/C27H27N5/c1-2-10-24(11-3-1)20-31(21-25-12-4-7-15-28-25)18-19-32(22-26-13-5-8-16-29-26)23-27-14-6-9-17-30-27/h1-19H,20-23H2. The summed E-state index contributed by atoms with van der Waals surface area (Å²) >= 11 is 0. The molecule has 160 valence electrons. The molecule has 0 amide bonds. The topological polar surface area (TPSA) is 45.2 Å². The minimum Gasteiger partial charge on any atom is -0.366 e. The summed E-state index contributed by atoms with van der Waals surface area (Å²) in [6.07, 6.45) is 9.79. The zero-order valence-corrected chi connectivity index (χ0v) is 18.0. The van der Waals surface area contributed by atoms with E-state index in [0.29, 0.717) is 13.1 Å². The van der Waals surface area contributed by atoms with Gasteiger partial charge in [-0.2, -0.15) is 0 Å². The van der Waals surface area contributed by atoms with Crippen molar-refractivity contribution < 1.29 is 0 Å². The number of pyridine rings is 3. The minimum atomic E-state index is 0.705. The highest BCUT2D eigenvalue weighted by Gasteiger charge is 2.08. The van der Waals surface area contributed by atoms with Gasteiger partial charge in [0.05, 0.1) is 36.7 Å². The summed E-state index contributed by atoms with van der Waals surface area (Å²) in [5.41, 5.74) is 4.34. The van der Waals surface area contributed by atoms with Crippen LogP contribution >= 0.6 is 0 Å². The van der Waals surface area contributed by atoms with Crippen molar-refractivity contribution >= 4 is 0 Å². The minimum absolute atomic E-state index is 0.705. The van der Waals surface area contributed by atoms with E-state index < -0.39 is 0 Å². The number of aromatic nitrogens is 3. The highest BCUT2D eigenvalue weighted by molar-refractivity contribution is 5.16. The van der Waals surface area contributed by atoms with Gasteiger partial charge >= 0.3 is 0 Å². The Hall–Kier alpha value is -3.99. The third kappa shape index (κ3) is 6.77. The highest BCUT2D eigenvalue weighted by Crippen LogP contribution is 2.12. The molecule has 0 atom stereocenters. The third-order valence-electron chi connectivity index (χ3n) is 4.99. The second-order valence-corrected chi connectivity index (χ2v) is 7.56. The fourth-order valence-corrected chi connectivity index (χ4v) is 3.43. The van der Waals surface area contributed by atoms with Crippen LogP contribution in [0.25, 0.3) is 0 Å². The van der Waals surface area contributed by atoms with Gasteiger partial charge in [-0.05, 0) is 42.0 Å². The van der Waals surface area contributed by atoms with E-state index in [4.69, 9.17) is 0 Å². The molecule has 0 unspecified atom stereocenters. The van der Waals surface area contributed by atoms with Gasteiger partial charge in [-0.25, -0.2) is 0 Å². The Kier molecular flexibility index (Phi) is 7.58. The molecule has 0 N–H and O–H groups in total.